The number of para-hydroxylation sites is 1. The maximum Gasteiger partial charge on any atom is 0.573 e. The van der Waals surface area contributed by atoms with Crippen LogP contribution in [0.2, 0.25) is 0 Å². The van der Waals surface area contributed by atoms with Gasteiger partial charge in [-0.05, 0) is 36.4 Å². The first kappa shape index (κ1) is 17.5. The highest BCUT2D eigenvalue weighted by molar-refractivity contribution is 7.99. The molecule has 2 aromatic rings. The van der Waals surface area contributed by atoms with Crippen LogP contribution in [0, 0.1) is 0 Å². The van der Waals surface area contributed by atoms with E-state index in [1.165, 1.54) is 12.1 Å². The number of fused-ring (bicyclic) bond motifs is 1. The number of carbonyl (C=O) groups excluding carboxylic acids is 1. The van der Waals surface area contributed by atoms with Crippen LogP contribution in [0.4, 0.5) is 24.5 Å². The Morgan fingerprint density at radius 3 is 2.60 bits per heavy atom. The lowest BCUT2D eigenvalue weighted by molar-refractivity contribution is -0.274. The van der Waals surface area contributed by atoms with E-state index in [-0.39, 0.29) is 18.2 Å². The third kappa shape index (κ3) is 4.82. The number of nitrogens with zero attached hydrogens (tertiary/aromatic N) is 1. The molecule has 0 saturated carbocycles. The number of ether oxygens (including phenoxy) is 1. The summed E-state index contributed by atoms with van der Waals surface area (Å²) >= 11 is 1.75. The molecule has 0 unspecified atom stereocenters. The Balaban J connectivity index is 1.60. The third-order valence-electron chi connectivity index (χ3n) is 3.53. The van der Waals surface area contributed by atoms with Crippen molar-refractivity contribution in [1.82, 2.24) is 0 Å². The lowest BCUT2D eigenvalue weighted by Crippen LogP contribution is -2.36. The summed E-state index contributed by atoms with van der Waals surface area (Å²) in [6.07, 6.45) is -4.73. The van der Waals surface area contributed by atoms with Crippen molar-refractivity contribution in [2.24, 2.45) is 0 Å². The van der Waals surface area contributed by atoms with Crippen LogP contribution in [-0.4, -0.2) is 31.1 Å². The molecule has 3 rings (SSSR count). The van der Waals surface area contributed by atoms with Gasteiger partial charge < -0.3 is 15.0 Å². The number of amides is 1. The first-order chi connectivity index (χ1) is 11.9. The van der Waals surface area contributed by atoms with Gasteiger partial charge in [-0.25, -0.2) is 0 Å². The average Bonchev–Trinajstić information content (AvgIpc) is 2.56. The zero-order valence-corrected chi connectivity index (χ0v) is 13.9. The Labute approximate surface area is 147 Å². The zero-order valence-electron chi connectivity index (χ0n) is 13.0. The molecule has 132 valence electrons. The average molecular weight is 368 g/mol. The predicted octanol–water partition coefficient (Wildman–Crippen LogP) is 4.14. The Kier molecular flexibility index (Phi) is 5.08. The second-order valence-electron chi connectivity index (χ2n) is 5.36. The van der Waals surface area contributed by atoms with Crippen LogP contribution in [0.15, 0.2) is 53.4 Å². The van der Waals surface area contributed by atoms with Crippen LogP contribution >= 0.6 is 11.8 Å². The van der Waals surface area contributed by atoms with E-state index in [1.807, 2.05) is 29.2 Å². The maximum absolute atomic E-state index is 12.2. The zero-order chi connectivity index (χ0) is 17.9. The summed E-state index contributed by atoms with van der Waals surface area (Å²) < 4.78 is 40.2. The molecule has 2 aromatic carbocycles. The van der Waals surface area contributed by atoms with E-state index >= 15 is 0 Å². The lowest BCUT2D eigenvalue weighted by atomic mass is 10.2. The second kappa shape index (κ2) is 7.26. The number of anilines is 2. The molecular formula is C17H15F3N2O2S. The highest BCUT2D eigenvalue weighted by Crippen LogP contribution is 2.34. The smallest absolute Gasteiger partial charge is 0.406 e. The van der Waals surface area contributed by atoms with Gasteiger partial charge in [-0.3, -0.25) is 4.79 Å². The van der Waals surface area contributed by atoms with Gasteiger partial charge in [0.1, 0.15) is 5.75 Å². The Morgan fingerprint density at radius 1 is 1.16 bits per heavy atom. The Hall–Kier alpha value is -2.35. The summed E-state index contributed by atoms with van der Waals surface area (Å²) in [7, 11) is 0. The van der Waals surface area contributed by atoms with Crippen molar-refractivity contribution >= 4 is 29.0 Å². The minimum atomic E-state index is -4.73. The molecule has 1 aliphatic rings. The van der Waals surface area contributed by atoms with Crippen LogP contribution < -0.4 is 15.0 Å². The fourth-order valence-corrected chi connectivity index (χ4v) is 3.56. The van der Waals surface area contributed by atoms with Gasteiger partial charge in [0.15, 0.2) is 0 Å². The maximum atomic E-state index is 12.2. The van der Waals surface area contributed by atoms with Gasteiger partial charge >= 0.3 is 6.36 Å². The van der Waals surface area contributed by atoms with Crippen LogP contribution in [-0.2, 0) is 4.79 Å². The molecule has 0 aliphatic carbocycles. The summed E-state index contributed by atoms with van der Waals surface area (Å²) in [6, 6.07) is 12.9. The number of hydrogen-bond acceptors (Lipinski definition) is 4. The molecule has 0 spiro atoms. The van der Waals surface area contributed by atoms with Gasteiger partial charge in [-0.1, -0.05) is 12.1 Å². The molecule has 0 saturated heterocycles. The summed E-state index contributed by atoms with van der Waals surface area (Å²) in [6.45, 7) is 0.936. The van der Waals surface area contributed by atoms with E-state index in [2.05, 4.69) is 10.1 Å². The number of benzene rings is 2. The molecule has 1 N–H and O–H groups in total. The monoisotopic (exact) mass is 368 g/mol. The molecule has 0 radical (unpaired) electrons. The summed E-state index contributed by atoms with van der Waals surface area (Å²) in [5.74, 6) is 0.340. The van der Waals surface area contributed by atoms with Gasteiger partial charge in [0.25, 0.3) is 0 Å². The molecule has 1 aliphatic heterocycles. The second-order valence-corrected chi connectivity index (χ2v) is 6.49. The number of hydrogen-bond donors (Lipinski definition) is 1. The molecule has 25 heavy (non-hydrogen) atoms. The SMILES string of the molecule is O=C(CN1CCSc2ccccc21)Nc1ccc(OC(F)(F)F)cc1. The molecule has 1 heterocycles. The van der Waals surface area contributed by atoms with Crippen molar-refractivity contribution in [1.29, 1.82) is 0 Å². The van der Waals surface area contributed by atoms with Gasteiger partial charge in [-0.2, -0.15) is 0 Å². The number of nitrogens with one attached hydrogen (secondary N) is 1. The lowest BCUT2D eigenvalue weighted by Gasteiger charge is -2.30. The predicted molar refractivity (Wildman–Crippen MR) is 91.1 cm³/mol. The van der Waals surface area contributed by atoms with E-state index in [0.717, 1.165) is 35.0 Å². The van der Waals surface area contributed by atoms with E-state index in [1.54, 1.807) is 11.8 Å². The van der Waals surface area contributed by atoms with Crippen molar-refractivity contribution < 1.29 is 22.7 Å². The Bertz CT molecular complexity index is 750. The van der Waals surface area contributed by atoms with E-state index in [4.69, 9.17) is 0 Å². The quantitative estimate of drug-likeness (QED) is 0.881. The van der Waals surface area contributed by atoms with Crippen LogP contribution in [0.1, 0.15) is 0 Å². The molecule has 4 nitrogen and oxygen atoms in total. The van der Waals surface area contributed by atoms with Crippen molar-refractivity contribution in [3.63, 3.8) is 0 Å². The first-order valence-corrected chi connectivity index (χ1v) is 8.52. The van der Waals surface area contributed by atoms with Gasteiger partial charge in [0.05, 0.1) is 12.2 Å². The minimum absolute atomic E-state index is 0.179. The van der Waals surface area contributed by atoms with Crippen molar-refractivity contribution in [2.45, 2.75) is 11.3 Å². The van der Waals surface area contributed by atoms with Crippen LogP contribution in [0.25, 0.3) is 0 Å². The number of rotatable bonds is 4. The first-order valence-electron chi connectivity index (χ1n) is 7.53. The van der Waals surface area contributed by atoms with E-state index in [0.29, 0.717) is 5.69 Å². The molecule has 0 aromatic heterocycles. The van der Waals surface area contributed by atoms with Crippen LogP contribution in [0.5, 0.6) is 5.75 Å². The third-order valence-corrected chi connectivity index (χ3v) is 4.57. The molecule has 0 bridgehead atoms. The number of carbonyl (C=O) groups is 1. The van der Waals surface area contributed by atoms with E-state index < -0.39 is 6.36 Å². The van der Waals surface area contributed by atoms with E-state index in [9.17, 15) is 18.0 Å². The van der Waals surface area contributed by atoms with Gasteiger partial charge in [0, 0.05) is 22.9 Å². The number of thioether (sulfide) groups is 1. The summed E-state index contributed by atoms with van der Waals surface area (Å²) in [5.41, 5.74) is 1.43. The number of alkyl halides is 3. The minimum Gasteiger partial charge on any atom is -0.406 e. The molecule has 0 atom stereocenters. The van der Waals surface area contributed by atoms with Crippen molar-refractivity contribution in [3.05, 3.63) is 48.5 Å². The molecule has 0 fully saturated rings. The highest BCUT2D eigenvalue weighted by Gasteiger charge is 2.31. The Morgan fingerprint density at radius 2 is 1.88 bits per heavy atom. The van der Waals surface area contributed by atoms with Gasteiger partial charge in [-0.15, -0.1) is 24.9 Å². The summed E-state index contributed by atoms with van der Waals surface area (Å²) in [5, 5.41) is 2.69. The normalized spacial score (nSPS) is 14.0. The molecular weight excluding hydrogens is 353 g/mol. The fraction of sp³-hybridized carbons (Fsp3) is 0.235. The standard InChI is InChI=1S/C17H15F3N2O2S/c18-17(19,20)24-13-7-5-12(6-8-13)21-16(23)11-22-9-10-25-15-4-2-1-3-14(15)22/h1-8H,9-11H2,(H,21,23). The fourth-order valence-electron chi connectivity index (χ4n) is 2.50. The van der Waals surface area contributed by atoms with Crippen LogP contribution in [0.3, 0.4) is 0 Å². The highest BCUT2D eigenvalue weighted by atomic mass is 32.2. The largest absolute Gasteiger partial charge is 0.573 e. The molecule has 1 amide bonds. The number of halogens is 3. The van der Waals surface area contributed by atoms with Crippen molar-refractivity contribution in [3.8, 4) is 5.75 Å². The topological polar surface area (TPSA) is 41.6 Å². The van der Waals surface area contributed by atoms with Crippen molar-refractivity contribution in [2.75, 3.05) is 29.1 Å². The van der Waals surface area contributed by atoms with Gasteiger partial charge in [0.2, 0.25) is 5.91 Å². The molecule has 8 heteroatoms. The summed E-state index contributed by atoms with van der Waals surface area (Å²) in [4.78, 5) is 15.4.